The Balaban J connectivity index is -0.000000122. The Bertz CT molecular complexity index is 332. The zero-order chi connectivity index (χ0) is 27.9. The summed E-state index contributed by atoms with van der Waals surface area (Å²) < 4.78 is 11.2. The van der Waals surface area contributed by atoms with Crippen molar-refractivity contribution in [3.05, 3.63) is 20.6 Å². The largest absolute Gasteiger partial charge is 4.00 e. The fraction of sp³-hybridized carbons (Fsp3) is 1.00. The zero-order valence-electron chi connectivity index (χ0n) is 26.8. The first-order valence-corrected chi connectivity index (χ1v) is 16.4. The number of hydrogen-bond donors (Lipinski definition) is 0. The number of rotatable bonds is 10. The van der Waals surface area contributed by atoms with E-state index in [1.807, 2.05) is 27.7 Å². The minimum Gasteiger partial charge on any atom is -0.663 e. The average molecular weight is 612 g/mol. The van der Waals surface area contributed by atoms with Gasteiger partial charge in [0.25, 0.3) is 0 Å². The first-order chi connectivity index (χ1) is 15.2. The van der Waals surface area contributed by atoms with Crippen molar-refractivity contribution in [1.82, 2.24) is 0 Å². The topological polar surface area (TPSA) is 74.9 Å². The molecule has 0 aliphatic heterocycles. The van der Waals surface area contributed by atoms with Crippen LogP contribution in [-0.2, 0) is 35.7 Å². The summed E-state index contributed by atoms with van der Waals surface area (Å²) in [6.45, 7) is 37.4. The number of nitrogens with zero attached hydrogens (tertiary/aromatic N) is 4. The molecule has 0 N–H and O–H groups in total. The fourth-order valence-corrected chi connectivity index (χ4v) is 4.84. The van der Waals surface area contributed by atoms with Crippen LogP contribution in [0.15, 0.2) is 0 Å². The zero-order valence-corrected chi connectivity index (χ0v) is 32.0. The van der Waals surface area contributed by atoms with Gasteiger partial charge in [0, 0.05) is 12.5 Å². The van der Waals surface area contributed by atoms with Crippen molar-refractivity contribution in [2.45, 2.75) is 133 Å². The molecule has 6 nitrogen and oxygen atoms in total. The molecule has 0 heterocycles. The van der Waals surface area contributed by atoms with Crippen LogP contribution in [0.4, 0.5) is 0 Å². The van der Waals surface area contributed by atoms with Crippen LogP contribution in [0.25, 0.3) is 20.6 Å². The molecule has 35 heavy (non-hydrogen) atoms. The summed E-state index contributed by atoms with van der Waals surface area (Å²) in [6.07, 6.45) is 1.72. The molecule has 212 valence electrons. The Labute approximate surface area is 246 Å². The predicted molar refractivity (Wildman–Crippen MR) is 164 cm³/mol. The van der Waals surface area contributed by atoms with Gasteiger partial charge in [-0.3, -0.25) is 0 Å². The molecule has 0 bridgehead atoms. The monoisotopic (exact) mass is 610 g/mol. The summed E-state index contributed by atoms with van der Waals surface area (Å²) >= 11 is 0. The van der Waals surface area contributed by atoms with Crippen molar-refractivity contribution in [3.63, 3.8) is 0 Å². The Morgan fingerprint density at radius 1 is 0.486 bits per heavy atom. The molecule has 0 atom stereocenters. The first kappa shape index (κ1) is 46.0. The van der Waals surface area contributed by atoms with Gasteiger partial charge in [0.05, 0.1) is 11.2 Å². The van der Waals surface area contributed by atoms with E-state index in [-0.39, 0.29) is 67.8 Å². The normalized spacial score (nSPS) is 12.3. The van der Waals surface area contributed by atoms with E-state index in [9.17, 15) is 0 Å². The van der Waals surface area contributed by atoms with Crippen molar-refractivity contribution in [2.24, 2.45) is 0 Å². The van der Waals surface area contributed by atoms with Gasteiger partial charge in [-0.2, -0.15) is 26.2 Å². The van der Waals surface area contributed by atoms with E-state index < -0.39 is 0 Å². The van der Waals surface area contributed by atoms with Crippen LogP contribution in [-0.4, -0.2) is 80.3 Å². The standard InChI is InChI=1S/2C9H22NOSi.2C4H10N.Zr/c2*1-8(2,3)10-12-7-11-9(4,5)6;2*1-3-5-4-2;/h2*7,12H2,1-6H3;2*3-4H2,1-2H3;/q4*-1;+4. The number of hydrogen-bond acceptors (Lipinski definition) is 2. The molecule has 0 aliphatic rings. The van der Waals surface area contributed by atoms with E-state index in [1.165, 1.54) is 0 Å². The van der Waals surface area contributed by atoms with Crippen molar-refractivity contribution >= 4 is 19.4 Å². The van der Waals surface area contributed by atoms with Gasteiger partial charge in [0.2, 0.25) is 0 Å². The molecule has 0 rings (SSSR count). The summed E-state index contributed by atoms with van der Waals surface area (Å²) in [7, 11) is -0.740. The van der Waals surface area contributed by atoms with Crippen molar-refractivity contribution in [1.29, 1.82) is 0 Å². The molecule has 0 spiro atoms. The molecule has 0 aromatic heterocycles. The van der Waals surface area contributed by atoms with Gasteiger partial charge in [0.15, 0.2) is 0 Å². The molecular formula is C26H64N4O2Si2Zr. The molecule has 0 amide bonds. The van der Waals surface area contributed by atoms with E-state index in [1.54, 1.807) is 0 Å². The van der Waals surface area contributed by atoms with E-state index in [0.29, 0.717) is 0 Å². The minimum absolute atomic E-state index is 0. The van der Waals surface area contributed by atoms with E-state index in [4.69, 9.17) is 9.47 Å². The van der Waals surface area contributed by atoms with Crippen LogP contribution < -0.4 is 0 Å². The third-order valence-electron chi connectivity index (χ3n) is 3.32. The van der Waals surface area contributed by atoms with Gasteiger partial charge in [-0.15, -0.1) is 11.1 Å². The van der Waals surface area contributed by atoms with Crippen molar-refractivity contribution in [2.75, 3.05) is 38.6 Å². The summed E-state index contributed by atoms with van der Waals surface area (Å²) in [4.78, 5) is 9.15. The van der Waals surface area contributed by atoms with Gasteiger partial charge in [0.1, 0.15) is 0 Å². The second kappa shape index (κ2) is 26.7. The molecule has 0 unspecified atom stereocenters. The van der Waals surface area contributed by atoms with Gasteiger partial charge in [-0.25, -0.2) is 0 Å². The fourth-order valence-electron chi connectivity index (χ4n) is 1.91. The molecule has 0 aromatic rings. The predicted octanol–water partition coefficient (Wildman–Crippen LogP) is 6.83. The molecule has 9 heteroatoms. The molecule has 0 aromatic carbocycles. The quantitative estimate of drug-likeness (QED) is 0.201. The van der Waals surface area contributed by atoms with Crippen LogP contribution in [0.2, 0.25) is 0 Å². The Morgan fingerprint density at radius 2 is 0.714 bits per heavy atom. The van der Waals surface area contributed by atoms with E-state index in [2.05, 4.69) is 104 Å². The Kier molecular flexibility index (Phi) is 35.0. The molecular weight excluding hydrogens is 548 g/mol. The van der Waals surface area contributed by atoms with Crippen LogP contribution in [0.1, 0.15) is 111 Å². The molecule has 0 saturated carbocycles. The maximum Gasteiger partial charge on any atom is 4.00 e. The maximum atomic E-state index is 5.59. The third-order valence-corrected chi connectivity index (χ3v) is 6.44. The van der Waals surface area contributed by atoms with Gasteiger partial charge in [-0.05, 0) is 41.5 Å². The van der Waals surface area contributed by atoms with Gasteiger partial charge < -0.3 is 30.1 Å². The maximum absolute atomic E-state index is 5.59. The first-order valence-electron chi connectivity index (χ1n) is 13.2. The van der Waals surface area contributed by atoms with Crippen LogP contribution in [0.3, 0.4) is 0 Å². The summed E-state index contributed by atoms with van der Waals surface area (Å²) in [5, 5.41) is 7.94. The Hall–Kier alpha value is 1.08. The average Bonchev–Trinajstić information content (AvgIpc) is 2.63. The summed E-state index contributed by atoms with van der Waals surface area (Å²) in [5.74, 6) is 0. The van der Waals surface area contributed by atoms with Gasteiger partial charge in [-0.1, -0.05) is 88.6 Å². The van der Waals surface area contributed by atoms with Crippen LogP contribution in [0.5, 0.6) is 0 Å². The Morgan fingerprint density at radius 3 is 0.829 bits per heavy atom. The van der Waals surface area contributed by atoms with Crippen molar-refractivity contribution < 1.29 is 35.7 Å². The van der Waals surface area contributed by atoms with E-state index in [0.717, 1.165) is 38.6 Å². The molecule has 0 fully saturated rings. The third kappa shape index (κ3) is 72.1. The minimum atomic E-state index is -0.370. The molecule has 0 saturated heterocycles. The second-order valence-electron chi connectivity index (χ2n) is 11.7. The van der Waals surface area contributed by atoms with Gasteiger partial charge >= 0.3 is 26.2 Å². The molecule has 0 radical (unpaired) electrons. The number of ether oxygens (including phenoxy) is 2. The molecule has 0 aliphatic carbocycles. The van der Waals surface area contributed by atoms with Crippen LogP contribution >= 0.6 is 0 Å². The summed E-state index contributed by atoms with van der Waals surface area (Å²) in [5.41, 5.74) is 0.266. The SMILES string of the molecule is CC(C)(C)[N-][SiH2]COC(C)(C)C.CC(C)(C)[N-][SiH2]COC(C)(C)C.CC[N-]CC.CC[N-]CC.[Zr+4]. The second-order valence-corrected chi connectivity index (χ2v) is 14.1. The van der Waals surface area contributed by atoms with Crippen LogP contribution in [0, 0.1) is 0 Å². The van der Waals surface area contributed by atoms with E-state index >= 15 is 0 Å². The summed E-state index contributed by atoms with van der Waals surface area (Å²) in [6, 6.07) is 0. The smallest absolute Gasteiger partial charge is 0.663 e. The van der Waals surface area contributed by atoms with Crippen molar-refractivity contribution in [3.8, 4) is 0 Å².